The van der Waals surface area contributed by atoms with Gasteiger partial charge < -0.3 is 14.9 Å². The van der Waals surface area contributed by atoms with E-state index in [-0.39, 0.29) is 18.9 Å². The summed E-state index contributed by atoms with van der Waals surface area (Å²) >= 11 is 0. The van der Waals surface area contributed by atoms with Gasteiger partial charge in [0, 0.05) is 12.6 Å². The molecule has 1 unspecified atom stereocenters. The monoisotopic (exact) mass is 254 g/mol. The molecular formula is C10H11FN4O3. The van der Waals surface area contributed by atoms with Crippen LogP contribution in [0.4, 0.5) is 4.39 Å². The molecule has 7 nitrogen and oxygen atoms in total. The first-order valence-corrected chi connectivity index (χ1v) is 5.48. The van der Waals surface area contributed by atoms with Crippen LogP contribution in [0, 0.1) is 6.08 Å². The van der Waals surface area contributed by atoms with Crippen LogP contribution in [0.5, 0.6) is 0 Å². The van der Waals surface area contributed by atoms with E-state index < -0.39 is 24.5 Å². The minimum atomic E-state index is -0.826. The van der Waals surface area contributed by atoms with Crippen molar-refractivity contribution in [2.75, 3.05) is 6.61 Å². The van der Waals surface area contributed by atoms with Crippen molar-refractivity contribution in [2.45, 2.75) is 24.9 Å². The van der Waals surface area contributed by atoms with Crippen LogP contribution in [-0.4, -0.2) is 48.5 Å². The van der Waals surface area contributed by atoms with E-state index in [4.69, 9.17) is 9.84 Å². The standard InChI is InChI=1S/C10H11FN4O3/c11-10-14-9-5(12-4-13-9)2-15(10)8-1-6(17)7(3-16)18-8/h2,4,6-8,16-17H,1,3H2/t6-,7+,8?/m0/s1. The molecule has 3 atom stereocenters. The normalized spacial score (nSPS) is 28.1. The van der Waals surface area contributed by atoms with Crippen molar-refractivity contribution in [3.8, 4) is 11.5 Å². The van der Waals surface area contributed by atoms with Crippen molar-refractivity contribution in [3.63, 3.8) is 0 Å². The zero-order valence-electron chi connectivity index (χ0n) is 9.27. The molecule has 3 rings (SSSR count). The molecule has 1 saturated heterocycles. The minimum absolute atomic E-state index is 0.189. The lowest BCUT2D eigenvalue weighted by atomic mass is 10.2. The van der Waals surface area contributed by atoms with E-state index in [2.05, 4.69) is 15.0 Å². The molecule has 0 aliphatic carbocycles. The van der Waals surface area contributed by atoms with Gasteiger partial charge in [-0.25, -0.2) is 9.97 Å². The number of aromatic nitrogens is 4. The quantitative estimate of drug-likeness (QED) is 0.705. The lowest BCUT2D eigenvalue weighted by Crippen LogP contribution is -2.24. The van der Waals surface area contributed by atoms with E-state index in [1.165, 1.54) is 12.5 Å². The van der Waals surface area contributed by atoms with Gasteiger partial charge in [0.05, 0.1) is 12.7 Å². The first kappa shape index (κ1) is 11.5. The largest absolute Gasteiger partial charge is 0.394 e. The maximum absolute atomic E-state index is 13.8. The van der Waals surface area contributed by atoms with Gasteiger partial charge in [0.1, 0.15) is 24.4 Å². The molecule has 18 heavy (non-hydrogen) atoms. The van der Waals surface area contributed by atoms with Gasteiger partial charge in [-0.1, -0.05) is 0 Å². The molecule has 0 aromatic rings. The fourth-order valence-corrected chi connectivity index (χ4v) is 2.03. The SMILES string of the molecule is OC[C@H]1OC(n2cc3ncnc-3nc2F)C[C@@H]1O. The number of aliphatic hydroxyl groups is 2. The summed E-state index contributed by atoms with van der Waals surface area (Å²) in [5, 5.41) is 18.6. The molecule has 3 heterocycles. The second-order valence-corrected chi connectivity index (χ2v) is 4.11. The molecule has 0 radical (unpaired) electrons. The lowest BCUT2D eigenvalue weighted by Gasteiger charge is -2.16. The Kier molecular flexibility index (Phi) is 2.69. The highest BCUT2D eigenvalue weighted by Gasteiger charge is 2.35. The van der Waals surface area contributed by atoms with Crippen LogP contribution in [0.25, 0.3) is 11.5 Å². The van der Waals surface area contributed by atoms with E-state index in [0.717, 1.165) is 4.57 Å². The lowest BCUT2D eigenvalue weighted by molar-refractivity contribution is -0.0484. The van der Waals surface area contributed by atoms with E-state index in [0.29, 0.717) is 5.69 Å². The van der Waals surface area contributed by atoms with E-state index in [9.17, 15) is 9.50 Å². The molecule has 0 aromatic heterocycles. The van der Waals surface area contributed by atoms with Gasteiger partial charge in [0.15, 0.2) is 5.82 Å². The Hall–Kier alpha value is -1.64. The average Bonchev–Trinajstić information content (AvgIpc) is 2.93. The summed E-state index contributed by atoms with van der Waals surface area (Å²) < 4.78 is 20.3. The maximum atomic E-state index is 13.8. The van der Waals surface area contributed by atoms with Crippen molar-refractivity contribution in [2.24, 2.45) is 0 Å². The van der Waals surface area contributed by atoms with E-state index in [1.54, 1.807) is 0 Å². The molecule has 8 heteroatoms. The third kappa shape index (κ3) is 1.74. The van der Waals surface area contributed by atoms with Gasteiger partial charge in [-0.15, -0.1) is 0 Å². The number of aliphatic hydroxyl groups excluding tert-OH is 2. The van der Waals surface area contributed by atoms with Crippen LogP contribution < -0.4 is 0 Å². The number of rotatable bonds is 2. The summed E-state index contributed by atoms with van der Waals surface area (Å²) in [6.07, 6.45) is -0.0839. The van der Waals surface area contributed by atoms with Crippen LogP contribution in [0.15, 0.2) is 12.5 Å². The van der Waals surface area contributed by atoms with Gasteiger partial charge in [0.2, 0.25) is 0 Å². The zero-order chi connectivity index (χ0) is 12.7. The third-order valence-corrected chi connectivity index (χ3v) is 2.97. The molecule has 0 bridgehead atoms. The Balaban J connectivity index is 1.95. The van der Waals surface area contributed by atoms with Crippen LogP contribution in [0.2, 0.25) is 0 Å². The van der Waals surface area contributed by atoms with E-state index >= 15 is 0 Å². The number of halogens is 1. The minimum Gasteiger partial charge on any atom is -0.394 e. The highest BCUT2D eigenvalue weighted by molar-refractivity contribution is 5.47. The summed E-state index contributed by atoms with van der Waals surface area (Å²) in [7, 11) is 0. The van der Waals surface area contributed by atoms with Crippen molar-refractivity contribution in [1.29, 1.82) is 0 Å². The summed E-state index contributed by atoms with van der Waals surface area (Å²) in [5.41, 5.74) is 0.446. The third-order valence-electron chi connectivity index (χ3n) is 2.97. The molecular weight excluding hydrogens is 243 g/mol. The fourth-order valence-electron chi connectivity index (χ4n) is 2.03. The number of ether oxygens (including phenoxy) is 1. The Morgan fingerprint density at radius 3 is 3.06 bits per heavy atom. The molecule has 0 spiro atoms. The van der Waals surface area contributed by atoms with Crippen molar-refractivity contribution in [3.05, 3.63) is 18.6 Å². The van der Waals surface area contributed by atoms with Crippen molar-refractivity contribution < 1.29 is 19.3 Å². The summed E-state index contributed by atoms with van der Waals surface area (Å²) in [6.45, 7) is -0.314. The molecule has 1 fully saturated rings. The summed E-state index contributed by atoms with van der Waals surface area (Å²) in [4.78, 5) is 11.4. The molecule has 3 aliphatic heterocycles. The fraction of sp³-hybridized carbons (Fsp3) is 0.500. The first-order chi connectivity index (χ1) is 8.69. The molecule has 0 aromatic carbocycles. The van der Waals surface area contributed by atoms with Gasteiger partial charge >= 0.3 is 0 Å². The van der Waals surface area contributed by atoms with Gasteiger partial charge in [-0.05, 0) is 0 Å². The molecule has 2 N–H and O–H groups in total. The predicted octanol–water partition coefficient (Wildman–Crippen LogP) is -0.442. The summed E-state index contributed by atoms with van der Waals surface area (Å²) in [6, 6.07) is 0. The number of hydrogen-bond donors (Lipinski definition) is 2. The number of imidazole rings is 1. The maximum Gasteiger partial charge on any atom is 0.293 e. The Morgan fingerprint density at radius 2 is 2.33 bits per heavy atom. The molecule has 3 aliphatic rings. The second-order valence-electron chi connectivity index (χ2n) is 4.11. The molecule has 0 amide bonds. The average molecular weight is 254 g/mol. The van der Waals surface area contributed by atoms with Crippen LogP contribution in [0.3, 0.4) is 0 Å². The second kappa shape index (κ2) is 4.23. The zero-order valence-corrected chi connectivity index (χ0v) is 9.27. The number of hydrogen-bond acceptors (Lipinski definition) is 6. The Labute approximate surface area is 101 Å². The van der Waals surface area contributed by atoms with Crippen molar-refractivity contribution >= 4 is 0 Å². The first-order valence-electron chi connectivity index (χ1n) is 5.48. The van der Waals surface area contributed by atoms with Crippen LogP contribution in [0.1, 0.15) is 12.6 Å². The smallest absolute Gasteiger partial charge is 0.293 e. The van der Waals surface area contributed by atoms with Crippen LogP contribution in [-0.2, 0) is 4.74 Å². The predicted molar refractivity (Wildman–Crippen MR) is 56.0 cm³/mol. The van der Waals surface area contributed by atoms with Crippen LogP contribution >= 0.6 is 0 Å². The topological polar surface area (TPSA) is 93.3 Å². The van der Waals surface area contributed by atoms with Gasteiger partial charge in [-0.3, -0.25) is 4.57 Å². The number of nitrogens with zero attached hydrogens (tertiary/aromatic N) is 4. The van der Waals surface area contributed by atoms with E-state index in [1.807, 2.05) is 0 Å². The molecule has 0 saturated carbocycles. The van der Waals surface area contributed by atoms with Gasteiger partial charge in [0.25, 0.3) is 6.08 Å². The Bertz CT molecular complexity index is 534. The Morgan fingerprint density at radius 1 is 1.50 bits per heavy atom. The molecule has 96 valence electrons. The highest BCUT2D eigenvalue weighted by atomic mass is 19.1. The number of fused-ring (bicyclic) bond motifs is 1. The van der Waals surface area contributed by atoms with Crippen molar-refractivity contribution in [1.82, 2.24) is 19.5 Å². The highest BCUT2D eigenvalue weighted by Crippen LogP contribution is 2.30. The summed E-state index contributed by atoms with van der Waals surface area (Å²) in [5.74, 6) is 0.223. The van der Waals surface area contributed by atoms with Gasteiger partial charge in [-0.2, -0.15) is 9.37 Å².